The number of carbonyl (C=O) groups is 2. The molecule has 0 saturated heterocycles. The van der Waals surface area contributed by atoms with Crippen LogP contribution in [0.2, 0.25) is 5.02 Å². The minimum atomic E-state index is -1.10. The molecule has 0 aliphatic heterocycles. The number of hydrogen-bond donors (Lipinski definition) is 3. The normalized spacial score (nSPS) is 10.9. The fraction of sp³-hybridized carbons (Fsp3) is 0.130. The Labute approximate surface area is 203 Å². The monoisotopic (exact) mass is 497 g/mol. The van der Waals surface area contributed by atoms with E-state index in [0.717, 1.165) is 33.8 Å². The summed E-state index contributed by atoms with van der Waals surface area (Å²) in [5.74, 6) is -0.567. The van der Waals surface area contributed by atoms with Crippen LogP contribution >= 0.6 is 23.4 Å². The number of anilines is 2. The number of aromatic carboxylic acids is 1. The van der Waals surface area contributed by atoms with E-state index in [1.54, 1.807) is 11.7 Å². The molecule has 4 N–H and O–H groups in total. The number of nitrogens with two attached hydrogens (primary N) is 1. The smallest absolute Gasteiger partial charge is 0.335 e. The van der Waals surface area contributed by atoms with Gasteiger partial charge in [-0.3, -0.25) is 9.36 Å². The zero-order valence-corrected chi connectivity index (χ0v) is 19.8. The summed E-state index contributed by atoms with van der Waals surface area (Å²) in [5, 5.41) is 22.4. The second-order valence-electron chi connectivity index (χ2n) is 7.33. The Bertz CT molecular complexity index is 1420. The van der Waals surface area contributed by atoms with Gasteiger partial charge in [-0.05, 0) is 54.3 Å². The number of aryl methyl sites for hydroxylation is 1. The Morgan fingerprint density at radius 3 is 2.65 bits per heavy atom. The van der Waals surface area contributed by atoms with Gasteiger partial charge < -0.3 is 20.9 Å². The zero-order chi connectivity index (χ0) is 24.4. The fourth-order valence-electron chi connectivity index (χ4n) is 3.45. The molecule has 0 unspecified atom stereocenters. The first-order chi connectivity index (χ1) is 16.3. The van der Waals surface area contributed by atoms with Crippen LogP contribution in [0.15, 0.2) is 53.7 Å². The number of nitrogens with zero attached hydrogens (tertiary/aromatic N) is 3. The lowest BCUT2D eigenvalue weighted by Gasteiger charge is -2.14. The lowest BCUT2D eigenvalue weighted by Crippen LogP contribution is -2.15. The third kappa shape index (κ3) is 4.63. The summed E-state index contributed by atoms with van der Waals surface area (Å²) >= 11 is 7.25. The van der Waals surface area contributed by atoms with Gasteiger partial charge in [0.1, 0.15) is 5.75 Å². The van der Waals surface area contributed by atoms with E-state index in [4.69, 9.17) is 27.2 Å². The van der Waals surface area contributed by atoms with Crippen LogP contribution in [-0.2, 0) is 4.79 Å². The molecule has 1 heterocycles. The van der Waals surface area contributed by atoms with Gasteiger partial charge in [0.2, 0.25) is 11.9 Å². The fourth-order valence-corrected chi connectivity index (χ4v) is 4.43. The van der Waals surface area contributed by atoms with Crippen molar-refractivity contribution >= 4 is 57.6 Å². The molecule has 0 bridgehead atoms. The van der Waals surface area contributed by atoms with Gasteiger partial charge in [0.05, 0.1) is 34.8 Å². The van der Waals surface area contributed by atoms with Crippen molar-refractivity contribution < 1.29 is 19.4 Å². The third-order valence-corrected chi connectivity index (χ3v) is 6.38. The first-order valence-electron chi connectivity index (χ1n) is 10.0. The third-order valence-electron chi connectivity index (χ3n) is 5.14. The molecular formula is C23H20ClN5O4S. The highest BCUT2D eigenvalue weighted by Gasteiger charge is 2.18. The number of halogens is 1. The molecule has 11 heteroatoms. The first kappa shape index (κ1) is 23.4. The minimum Gasteiger partial charge on any atom is -0.497 e. The molecule has 34 heavy (non-hydrogen) atoms. The highest BCUT2D eigenvalue weighted by Crippen LogP contribution is 2.33. The maximum Gasteiger partial charge on any atom is 0.335 e. The minimum absolute atomic E-state index is 0.00224. The Morgan fingerprint density at radius 2 is 1.94 bits per heavy atom. The van der Waals surface area contributed by atoms with Gasteiger partial charge >= 0.3 is 5.97 Å². The van der Waals surface area contributed by atoms with Crippen molar-refractivity contribution in [2.24, 2.45) is 0 Å². The maximum absolute atomic E-state index is 12.5. The number of methoxy groups -OCH3 is 1. The summed E-state index contributed by atoms with van der Waals surface area (Å²) in [4.78, 5) is 23.6. The van der Waals surface area contributed by atoms with Crippen LogP contribution in [0.1, 0.15) is 15.9 Å². The molecule has 0 radical (unpaired) electrons. The molecule has 174 valence electrons. The molecule has 0 spiro atoms. The van der Waals surface area contributed by atoms with Gasteiger partial charge in [0, 0.05) is 5.39 Å². The van der Waals surface area contributed by atoms with E-state index in [0.29, 0.717) is 16.6 Å². The average molecular weight is 498 g/mol. The highest BCUT2D eigenvalue weighted by molar-refractivity contribution is 7.99. The Balaban J connectivity index is 1.58. The maximum atomic E-state index is 12.5. The van der Waals surface area contributed by atoms with Crippen LogP contribution in [0.5, 0.6) is 5.75 Å². The van der Waals surface area contributed by atoms with Crippen molar-refractivity contribution in [2.75, 3.05) is 23.9 Å². The number of ether oxygens (including phenoxy) is 1. The van der Waals surface area contributed by atoms with E-state index in [9.17, 15) is 9.59 Å². The number of rotatable bonds is 7. The van der Waals surface area contributed by atoms with Crippen LogP contribution in [0, 0.1) is 6.92 Å². The van der Waals surface area contributed by atoms with Crippen molar-refractivity contribution in [1.82, 2.24) is 14.8 Å². The summed E-state index contributed by atoms with van der Waals surface area (Å²) in [6.07, 6.45) is 0. The van der Waals surface area contributed by atoms with Gasteiger partial charge in [0.15, 0.2) is 5.16 Å². The van der Waals surface area contributed by atoms with Crippen molar-refractivity contribution in [3.05, 3.63) is 64.7 Å². The summed E-state index contributed by atoms with van der Waals surface area (Å²) in [7, 11) is 1.60. The molecular weight excluding hydrogens is 478 g/mol. The molecule has 0 fully saturated rings. The van der Waals surface area contributed by atoms with Gasteiger partial charge in [-0.2, -0.15) is 0 Å². The molecule has 0 atom stereocenters. The van der Waals surface area contributed by atoms with Gasteiger partial charge in [-0.15, -0.1) is 10.2 Å². The Hall–Kier alpha value is -3.76. The van der Waals surface area contributed by atoms with E-state index >= 15 is 0 Å². The van der Waals surface area contributed by atoms with E-state index in [-0.39, 0.29) is 28.2 Å². The summed E-state index contributed by atoms with van der Waals surface area (Å²) in [6, 6.07) is 13.8. The van der Waals surface area contributed by atoms with E-state index in [1.807, 2.05) is 37.3 Å². The molecule has 0 saturated carbocycles. The lowest BCUT2D eigenvalue weighted by atomic mass is 10.0. The van der Waals surface area contributed by atoms with E-state index in [1.165, 1.54) is 18.2 Å². The molecule has 1 amide bonds. The number of benzene rings is 3. The summed E-state index contributed by atoms with van der Waals surface area (Å²) in [5.41, 5.74) is 8.34. The SMILES string of the molecule is COc1ccc2c(C)ccc(-n3c(N)nnc3SCC(=O)Nc3ccc(C(=O)O)cc3Cl)c2c1. The predicted octanol–water partition coefficient (Wildman–Crippen LogP) is 4.40. The van der Waals surface area contributed by atoms with Crippen molar-refractivity contribution in [3.63, 3.8) is 0 Å². The molecule has 1 aromatic heterocycles. The number of amides is 1. The number of carboxylic acids is 1. The number of nitrogens with one attached hydrogen (secondary N) is 1. The molecule has 3 aromatic carbocycles. The second kappa shape index (κ2) is 9.62. The van der Waals surface area contributed by atoms with Crippen molar-refractivity contribution in [1.29, 1.82) is 0 Å². The standard InChI is InChI=1S/C23H20ClN5O4S/c1-12-3-8-19(16-10-14(33-2)5-6-15(12)16)29-22(25)27-28-23(29)34-11-20(30)26-18-7-4-13(21(31)32)9-17(18)24/h3-10H,11H2,1-2H3,(H2,25,27)(H,26,30)(H,31,32). The second-order valence-corrected chi connectivity index (χ2v) is 8.68. The molecule has 0 aliphatic rings. The van der Waals surface area contributed by atoms with Crippen LogP contribution in [0.3, 0.4) is 0 Å². The molecule has 0 aliphatic carbocycles. The van der Waals surface area contributed by atoms with Crippen LogP contribution in [-0.4, -0.2) is 44.6 Å². The number of nitrogen functional groups attached to an aromatic ring is 1. The number of thioether (sulfide) groups is 1. The number of hydrogen-bond acceptors (Lipinski definition) is 7. The van der Waals surface area contributed by atoms with Crippen LogP contribution in [0.4, 0.5) is 11.6 Å². The van der Waals surface area contributed by atoms with E-state index < -0.39 is 5.97 Å². The van der Waals surface area contributed by atoms with Gasteiger partial charge in [-0.25, -0.2) is 4.79 Å². The number of aromatic nitrogens is 3. The van der Waals surface area contributed by atoms with E-state index in [2.05, 4.69) is 15.5 Å². The van der Waals surface area contributed by atoms with Crippen molar-refractivity contribution in [2.45, 2.75) is 12.1 Å². The van der Waals surface area contributed by atoms with Crippen LogP contribution < -0.4 is 15.8 Å². The first-order valence-corrected chi connectivity index (χ1v) is 11.4. The quantitative estimate of drug-likeness (QED) is 0.320. The van der Waals surface area contributed by atoms with Gasteiger partial charge in [-0.1, -0.05) is 35.5 Å². The molecule has 4 aromatic rings. The van der Waals surface area contributed by atoms with Crippen molar-refractivity contribution in [3.8, 4) is 11.4 Å². The summed E-state index contributed by atoms with van der Waals surface area (Å²) < 4.78 is 7.08. The number of fused-ring (bicyclic) bond motifs is 1. The number of carbonyl (C=O) groups excluding carboxylic acids is 1. The van der Waals surface area contributed by atoms with Crippen LogP contribution in [0.25, 0.3) is 16.5 Å². The molecule has 9 nitrogen and oxygen atoms in total. The average Bonchev–Trinajstić information content (AvgIpc) is 3.19. The number of carboxylic acid groups (broad SMARTS) is 1. The Morgan fingerprint density at radius 1 is 1.15 bits per heavy atom. The highest BCUT2D eigenvalue weighted by atomic mass is 35.5. The lowest BCUT2D eigenvalue weighted by molar-refractivity contribution is -0.113. The zero-order valence-electron chi connectivity index (χ0n) is 18.2. The van der Waals surface area contributed by atoms with Gasteiger partial charge in [0.25, 0.3) is 0 Å². The topological polar surface area (TPSA) is 132 Å². The Kier molecular flexibility index (Phi) is 6.62. The summed E-state index contributed by atoms with van der Waals surface area (Å²) in [6.45, 7) is 2.02. The predicted molar refractivity (Wildman–Crippen MR) is 132 cm³/mol. The largest absolute Gasteiger partial charge is 0.497 e. The molecule has 4 rings (SSSR count).